The second-order valence-electron chi connectivity index (χ2n) is 5.07. The van der Waals surface area contributed by atoms with Crippen LogP contribution in [0.2, 0.25) is 0 Å². The van der Waals surface area contributed by atoms with E-state index in [1.165, 1.54) is 12.4 Å². The molecule has 1 amide bonds. The van der Waals surface area contributed by atoms with Crippen molar-refractivity contribution in [3.8, 4) is 0 Å². The normalized spacial score (nSPS) is 12.4. The van der Waals surface area contributed by atoms with Gasteiger partial charge in [-0.3, -0.25) is 9.48 Å². The molecule has 1 aromatic heterocycles. The zero-order chi connectivity index (χ0) is 15.4. The zero-order valence-corrected chi connectivity index (χ0v) is 11.8. The molecule has 5 nitrogen and oxygen atoms in total. The molecule has 1 heterocycles. The Balaban J connectivity index is 2.09. The standard InChI is InChI=1S/C14H16F2N4O/c1-9(2)13(6-20-8-17-7-18-20)19-14(21)10-3-4-11(15)12(16)5-10/h3-5,7-9,13H,6H2,1-2H3,(H,19,21)/t13-/m0/s1. The fraction of sp³-hybridized carbons (Fsp3) is 0.357. The summed E-state index contributed by atoms with van der Waals surface area (Å²) in [6.45, 7) is 4.35. The second-order valence-corrected chi connectivity index (χ2v) is 5.07. The zero-order valence-electron chi connectivity index (χ0n) is 11.8. The number of carbonyl (C=O) groups is 1. The predicted molar refractivity (Wildman–Crippen MR) is 72.5 cm³/mol. The van der Waals surface area contributed by atoms with E-state index < -0.39 is 17.5 Å². The SMILES string of the molecule is CC(C)[C@H](Cn1cncn1)NC(=O)c1ccc(F)c(F)c1. The molecule has 1 atom stereocenters. The molecule has 0 aliphatic carbocycles. The molecule has 0 saturated heterocycles. The predicted octanol–water partition coefficient (Wildman–Crippen LogP) is 2.01. The van der Waals surface area contributed by atoms with Crippen molar-refractivity contribution in [2.75, 3.05) is 0 Å². The number of halogens is 2. The van der Waals surface area contributed by atoms with Crippen molar-refractivity contribution in [3.63, 3.8) is 0 Å². The highest BCUT2D eigenvalue weighted by Crippen LogP contribution is 2.10. The maximum Gasteiger partial charge on any atom is 0.251 e. The van der Waals surface area contributed by atoms with E-state index in [2.05, 4.69) is 15.4 Å². The quantitative estimate of drug-likeness (QED) is 0.917. The molecule has 0 aliphatic rings. The Kier molecular flexibility index (Phi) is 4.62. The lowest BCUT2D eigenvalue weighted by Crippen LogP contribution is -2.41. The van der Waals surface area contributed by atoms with Crippen molar-refractivity contribution in [2.45, 2.75) is 26.4 Å². The molecule has 0 aliphatic heterocycles. The first-order valence-electron chi connectivity index (χ1n) is 6.55. The fourth-order valence-corrected chi connectivity index (χ4v) is 1.84. The molecule has 0 radical (unpaired) electrons. The summed E-state index contributed by atoms with van der Waals surface area (Å²) in [4.78, 5) is 15.9. The van der Waals surface area contributed by atoms with Gasteiger partial charge >= 0.3 is 0 Å². The Labute approximate surface area is 121 Å². The van der Waals surface area contributed by atoms with Crippen LogP contribution in [0, 0.1) is 17.6 Å². The van der Waals surface area contributed by atoms with Crippen LogP contribution >= 0.6 is 0 Å². The Morgan fingerprint density at radius 3 is 2.67 bits per heavy atom. The van der Waals surface area contributed by atoms with Crippen molar-refractivity contribution < 1.29 is 13.6 Å². The highest BCUT2D eigenvalue weighted by Gasteiger charge is 2.19. The first kappa shape index (κ1) is 15.1. The molecule has 1 aromatic carbocycles. The molecule has 0 fully saturated rings. The van der Waals surface area contributed by atoms with E-state index in [1.54, 1.807) is 11.0 Å². The third-order valence-corrected chi connectivity index (χ3v) is 3.15. The molecule has 2 aromatic rings. The Morgan fingerprint density at radius 2 is 2.10 bits per heavy atom. The van der Waals surface area contributed by atoms with Gasteiger partial charge in [0.2, 0.25) is 0 Å². The summed E-state index contributed by atoms with van der Waals surface area (Å²) in [5, 5.41) is 6.79. The molecule has 112 valence electrons. The smallest absolute Gasteiger partial charge is 0.251 e. The maximum absolute atomic E-state index is 13.2. The van der Waals surface area contributed by atoms with Crippen molar-refractivity contribution >= 4 is 5.91 Å². The molecule has 0 spiro atoms. The number of amides is 1. The summed E-state index contributed by atoms with van der Waals surface area (Å²) in [6, 6.07) is 2.87. The second kappa shape index (κ2) is 6.43. The maximum atomic E-state index is 13.2. The third-order valence-electron chi connectivity index (χ3n) is 3.15. The molecule has 0 unspecified atom stereocenters. The summed E-state index contributed by atoms with van der Waals surface area (Å²) < 4.78 is 27.7. The number of benzene rings is 1. The number of nitrogens with one attached hydrogen (secondary N) is 1. The number of nitrogens with zero attached hydrogens (tertiary/aromatic N) is 3. The van der Waals surface area contributed by atoms with Gasteiger partial charge in [0, 0.05) is 5.56 Å². The number of hydrogen-bond donors (Lipinski definition) is 1. The molecule has 0 bridgehead atoms. The number of aromatic nitrogens is 3. The van der Waals surface area contributed by atoms with Crippen LogP contribution in [0.1, 0.15) is 24.2 Å². The Morgan fingerprint density at radius 1 is 1.33 bits per heavy atom. The minimum absolute atomic E-state index is 0.0816. The van der Waals surface area contributed by atoms with E-state index in [0.717, 1.165) is 12.1 Å². The lowest BCUT2D eigenvalue weighted by molar-refractivity contribution is 0.0918. The lowest BCUT2D eigenvalue weighted by atomic mass is 10.0. The molecule has 0 saturated carbocycles. The molecular formula is C14H16F2N4O. The fourth-order valence-electron chi connectivity index (χ4n) is 1.84. The first-order valence-corrected chi connectivity index (χ1v) is 6.55. The van der Waals surface area contributed by atoms with E-state index in [1.807, 2.05) is 13.8 Å². The van der Waals surface area contributed by atoms with Crippen LogP contribution in [-0.2, 0) is 6.54 Å². The van der Waals surface area contributed by atoms with Gasteiger partial charge in [0.1, 0.15) is 12.7 Å². The highest BCUT2D eigenvalue weighted by atomic mass is 19.2. The van der Waals surface area contributed by atoms with E-state index in [9.17, 15) is 13.6 Å². The lowest BCUT2D eigenvalue weighted by Gasteiger charge is -2.22. The van der Waals surface area contributed by atoms with E-state index >= 15 is 0 Å². The van der Waals surface area contributed by atoms with Gasteiger partial charge in [-0.1, -0.05) is 13.8 Å². The van der Waals surface area contributed by atoms with Crippen molar-refractivity contribution in [1.29, 1.82) is 0 Å². The molecule has 1 N–H and O–H groups in total. The third kappa shape index (κ3) is 3.84. The highest BCUT2D eigenvalue weighted by molar-refractivity contribution is 5.94. The van der Waals surface area contributed by atoms with Crippen LogP contribution in [0.5, 0.6) is 0 Å². The summed E-state index contributed by atoms with van der Waals surface area (Å²) in [6.07, 6.45) is 2.97. The van der Waals surface area contributed by atoms with E-state index in [0.29, 0.717) is 6.54 Å². The van der Waals surface area contributed by atoms with Gasteiger partial charge in [0.25, 0.3) is 5.91 Å². The van der Waals surface area contributed by atoms with Gasteiger partial charge in [-0.2, -0.15) is 5.10 Å². The van der Waals surface area contributed by atoms with Crippen LogP contribution in [0.4, 0.5) is 8.78 Å². The van der Waals surface area contributed by atoms with Gasteiger partial charge < -0.3 is 5.32 Å². The van der Waals surface area contributed by atoms with Crippen LogP contribution in [0.15, 0.2) is 30.9 Å². The van der Waals surface area contributed by atoms with Gasteiger partial charge in [-0.05, 0) is 24.1 Å². The van der Waals surface area contributed by atoms with Crippen LogP contribution < -0.4 is 5.32 Å². The van der Waals surface area contributed by atoms with Gasteiger partial charge in [-0.25, -0.2) is 13.8 Å². The Bertz CT molecular complexity index is 613. The van der Waals surface area contributed by atoms with E-state index in [-0.39, 0.29) is 17.5 Å². The summed E-state index contributed by atoms with van der Waals surface area (Å²) in [5.41, 5.74) is 0.0816. The molecular weight excluding hydrogens is 278 g/mol. The number of carbonyl (C=O) groups excluding carboxylic acids is 1. The molecule has 7 heteroatoms. The van der Waals surface area contributed by atoms with Crippen LogP contribution in [-0.4, -0.2) is 26.7 Å². The summed E-state index contributed by atoms with van der Waals surface area (Å²) in [5.74, 6) is -2.33. The van der Waals surface area contributed by atoms with Gasteiger partial charge in [-0.15, -0.1) is 0 Å². The first-order chi connectivity index (χ1) is 9.97. The largest absolute Gasteiger partial charge is 0.347 e. The number of rotatable bonds is 5. The van der Waals surface area contributed by atoms with Crippen LogP contribution in [0.3, 0.4) is 0 Å². The molecule has 2 rings (SSSR count). The van der Waals surface area contributed by atoms with E-state index in [4.69, 9.17) is 0 Å². The van der Waals surface area contributed by atoms with Gasteiger partial charge in [0.05, 0.1) is 12.6 Å². The van der Waals surface area contributed by atoms with Crippen molar-refractivity contribution in [3.05, 3.63) is 48.1 Å². The minimum Gasteiger partial charge on any atom is -0.347 e. The van der Waals surface area contributed by atoms with Crippen molar-refractivity contribution in [2.24, 2.45) is 5.92 Å². The average molecular weight is 294 g/mol. The monoisotopic (exact) mass is 294 g/mol. The van der Waals surface area contributed by atoms with Gasteiger partial charge in [0.15, 0.2) is 11.6 Å². The topological polar surface area (TPSA) is 59.8 Å². The Hall–Kier alpha value is -2.31. The van der Waals surface area contributed by atoms with Crippen molar-refractivity contribution in [1.82, 2.24) is 20.1 Å². The summed E-state index contributed by atoms with van der Waals surface area (Å²) >= 11 is 0. The minimum atomic E-state index is -1.04. The summed E-state index contributed by atoms with van der Waals surface area (Å²) in [7, 11) is 0. The average Bonchev–Trinajstić information content (AvgIpc) is 2.93. The van der Waals surface area contributed by atoms with Crippen LogP contribution in [0.25, 0.3) is 0 Å². The number of hydrogen-bond acceptors (Lipinski definition) is 3. The molecule has 21 heavy (non-hydrogen) atoms.